The molecule has 0 aliphatic carbocycles. The molecule has 2 aromatic rings. The van der Waals surface area contributed by atoms with Gasteiger partial charge in [-0.25, -0.2) is 4.68 Å². The molecule has 0 saturated carbocycles. The lowest BCUT2D eigenvalue weighted by Gasteiger charge is -2.24. The molecule has 114 valence electrons. The number of rotatable bonds is 6. The van der Waals surface area contributed by atoms with Crippen molar-refractivity contribution in [3.05, 3.63) is 47.3 Å². The summed E-state index contributed by atoms with van der Waals surface area (Å²) in [7, 11) is 1.90. The first-order valence-electron chi connectivity index (χ1n) is 7.09. The topological polar surface area (TPSA) is 61.5 Å². The zero-order valence-electron chi connectivity index (χ0n) is 12.8. The van der Waals surface area contributed by atoms with Crippen LogP contribution in [0.1, 0.15) is 17.0 Å². The molecule has 0 aliphatic heterocycles. The Bertz CT molecular complexity index is 591. The average Bonchev–Trinajstić information content (AvgIpc) is 2.79. The van der Waals surface area contributed by atoms with E-state index in [2.05, 4.69) is 11.2 Å². The first-order valence-corrected chi connectivity index (χ1v) is 7.09. The Morgan fingerprint density at radius 1 is 1.19 bits per heavy atom. The highest BCUT2D eigenvalue weighted by Gasteiger charge is 2.13. The molecule has 0 spiro atoms. The van der Waals surface area contributed by atoms with Gasteiger partial charge < -0.3 is 10.2 Å². The van der Waals surface area contributed by atoms with Gasteiger partial charge in [0, 0.05) is 12.2 Å². The summed E-state index contributed by atoms with van der Waals surface area (Å²) < 4.78 is 1.93. The Morgan fingerprint density at radius 2 is 1.90 bits per heavy atom. The monoisotopic (exact) mass is 289 g/mol. The normalized spacial score (nSPS) is 11.6. The second kappa shape index (κ2) is 6.85. The number of hydrogen-bond donors (Lipinski definition) is 2. The quantitative estimate of drug-likeness (QED) is 0.841. The van der Waals surface area contributed by atoms with Crippen LogP contribution >= 0.6 is 0 Å². The molecular formula is C16H23N3O2. The number of aryl methyl sites for hydroxylation is 2. The molecule has 1 heterocycles. The number of aliphatic hydroxyl groups is 2. The molecule has 5 heteroatoms. The summed E-state index contributed by atoms with van der Waals surface area (Å²) in [4.78, 5) is 1.94. The van der Waals surface area contributed by atoms with Crippen molar-refractivity contribution in [1.82, 2.24) is 14.7 Å². The van der Waals surface area contributed by atoms with E-state index in [1.165, 1.54) is 0 Å². The van der Waals surface area contributed by atoms with Crippen molar-refractivity contribution in [1.29, 1.82) is 0 Å². The molecule has 0 unspecified atom stereocenters. The number of benzene rings is 1. The van der Waals surface area contributed by atoms with Gasteiger partial charge in [-0.05, 0) is 44.7 Å². The Hall–Kier alpha value is -1.69. The lowest BCUT2D eigenvalue weighted by molar-refractivity contribution is 0.0874. The summed E-state index contributed by atoms with van der Waals surface area (Å²) in [5, 5.41) is 23.0. The summed E-state index contributed by atoms with van der Waals surface area (Å²) in [6.45, 7) is 4.58. The van der Waals surface area contributed by atoms with Crippen molar-refractivity contribution in [3.63, 3.8) is 0 Å². The summed E-state index contributed by atoms with van der Waals surface area (Å²) in [5.74, 6) is 0. The first kappa shape index (κ1) is 15.7. The summed E-state index contributed by atoms with van der Waals surface area (Å²) in [6, 6.07) is 9.97. The van der Waals surface area contributed by atoms with Crippen LogP contribution in [-0.2, 0) is 6.54 Å². The van der Waals surface area contributed by atoms with Gasteiger partial charge in [0.05, 0.1) is 30.6 Å². The number of likely N-dealkylation sites (N-methyl/N-ethyl adjacent to an activating group) is 1. The highest BCUT2D eigenvalue weighted by atomic mass is 16.3. The fourth-order valence-corrected chi connectivity index (χ4v) is 2.43. The summed E-state index contributed by atoms with van der Waals surface area (Å²) in [6.07, 6.45) is 0. The average molecular weight is 289 g/mol. The van der Waals surface area contributed by atoms with Gasteiger partial charge in [0.25, 0.3) is 0 Å². The minimum atomic E-state index is -0.234. The second-order valence-corrected chi connectivity index (χ2v) is 5.44. The molecule has 1 aromatic carbocycles. The maximum Gasteiger partial charge on any atom is 0.0651 e. The van der Waals surface area contributed by atoms with Crippen LogP contribution in [0.25, 0.3) is 5.69 Å². The van der Waals surface area contributed by atoms with E-state index in [-0.39, 0.29) is 19.3 Å². The number of nitrogens with zero attached hydrogens (tertiary/aromatic N) is 3. The molecule has 0 radical (unpaired) electrons. The van der Waals surface area contributed by atoms with E-state index in [4.69, 9.17) is 0 Å². The zero-order chi connectivity index (χ0) is 15.4. The molecule has 0 amide bonds. The lowest BCUT2D eigenvalue weighted by Crippen LogP contribution is -2.37. The van der Waals surface area contributed by atoms with Crippen LogP contribution in [-0.4, -0.2) is 51.2 Å². The molecule has 2 rings (SSSR count). The number of aromatic nitrogens is 2. The Kier molecular flexibility index (Phi) is 5.12. The number of aliphatic hydroxyl groups excluding tert-OH is 2. The van der Waals surface area contributed by atoms with E-state index in [1.807, 2.05) is 54.7 Å². The molecule has 0 aliphatic rings. The maximum atomic E-state index is 9.23. The fourth-order valence-electron chi connectivity index (χ4n) is 2.43. The standard InChI is InChI=1S/C16H23N3O2/c1-12-7-13(2)19(17-12)15-6-4-5-14(8-15)9-18(3)16(10-20)11-21/h4-8,16,20-21H,9-11H2,1-3H3. The van der Waals surface area contributed by atoms with E-state index in [0.717, 1.165) is 22.6 Å². The van der Waals surface area contributed by atoms with Gasteiger partial charge in [-0.15, -0.1) is 0 Å². The molecular weight excluding hydrogens is 266 g/mol. The van der Waals surface area contributed by atoms with Crippen LogP contribution in [0.2, 0.25) is 0 Å². The highest BCUT2D eigenvalue weighted by molar-refractivity contribution is 5.37. The summed E-state index contributed by atoms with van der Waals surface area (Å²) in [5.41, 5.74) is 4.24. The molecule has 0 saturated heterocycles. The van der Waals surface area contributed by atoms with Crippen LogP contribution < -0.4 is 0 Å². The SMILES string of the molecule is Cc1cc(C)n(-c2cccc(CN(C)C(CO)CO)c2)n1. The molecule has 1 aromatic heterocycles. The van der Waals surface area contributed by atoms with Gasteiger partial charge in [0.1, 0.15) is 0 Å². The van der Waals surface area contributed by atoms with Crippen LogP contribution in [0.4, 0.5) is 0 Å². The third kappa shape index (κ3) is 3.69. The van der Waals surface area contributed by atoms with Gasteiger partial charge in [0.2, 0.25) is 0 Å². The minimum Gasteiger partial charge on any atom is -0.395 e. The van der Waals surface area contributed by atoms with E-state index >= 15 is 0 Å². The van der Waals surface area contributed by atoms with E-state index in [9.17, 15) is 10.2 Å². The number of hydrogen-bond acceptors (Lipinski definition) is 4. The lowest BCUT2D eigenvalue weighted by atomic mass is 10.1. The fraction of sp³-hybridized carbons (Fsp3) is 0.438. The summed E-state index contributed by atoms with van der Waals surface area (Å²) >= 11 is 0. The van der Waals surface area contributed by atoms with Gasteiger partial charge in [-0.3, -0.25) is 4.90 Å². The molecule has 21 heavy (non-hydrogen) atoms. The first-order chi connectivity index (χ1) is 10.0. The van der Waals surface area contributed by atoms with E-state index in [0.29, 0.717) is 6.54 Å². The Morgan fingerprint density at radius 3 is 2.48 bits per heavy atom. The van der Waals surface area contributed by atoms with Crippen molar-refractivity contribution in [2.75, 3.05) is 20.3 Å². The predicted molar refractivity (Wildman–Crippen MR) is 82.5 cm³/mol. The van der Waals surface area contributed by atoms with Crippen LogP contribution in [0, 0.1) is 13.8 Å². The van der Waals surface area contributed by atoms with Gasteiger partial charge in [-0.1, -0.05) is 12.1 Å². The predicted octanol–water partition coefficient (Wildman–Crippen LogP) is 1.27. The van der Waals surface area contributed by atoms with Crippen molar-refractivity contribution in [2.45, 2.75) is 26.4 Å². The largest absolute Gasteiger partial charge is 0.395 e. The van der Waals surface area contributed by atoms with Gasteiger partial charge >= 0.3 is 0 Å². The minimum absolute atomic E-state index is 0.0514. The molecule has 2 N–H and O–H groups in total. The highest BCUT2D eigenvalue weighted by Crippen LogP contribution is 2.15. The van der Waals surface area contributed by atoms with Gasteiger partial charge in [-0.2, -0.15) is 5.10 Å². The molecule has 0 bridgehead atoms. The Labute approximate surface area is 125 Å². The van der Waals surface area contributed by atoms with Crippen molar-refractivity contribution in [3.8, 4) is 5.69 Å². The molecule has 0 fully saturated rings. The molecule has 5 nitrogen and oxygen atoms in total. The zero-order valence-corrected chi connectivity index (χ0v) is 12.8. The van der Waals surface area contributed by atoms with Crippen molar-refractivity contribution < 1.29 is 10.2 Å². The van der Waals surface area contributed by atoms with Crippen molar-refractivity contribution in [2.24, 2.45) is 0 Å². The van der Waals surface area contributed by atoms with Gasteiger partial charge in [0.15, 0.2) is 0 Å². The smallest absolute Gasteiger partial charge is 0.0651 e. The van der Waals surface area contributed by atoms with E-state index < -0.39 is 0 Å². The van der Waals surface area contributed by atoms with Crippen LogP contribution in [0.15, 0.2) is 30.3 Å². The third-order valence-corrected chi connectivity index (χ3v) is 3.64. The third-order valence-electron chi connectivity index (χ3n) is 3.64. The van der Waals surface area contributed by atoms with E-state index in [1.54, 1.807) is 0 Å². The second-order valence-electron chi connectivity index (χ2n) is 5.44. The Balaban J connectivity index is 2.20. The van der Waals surface area contributed by atoms with Crippen molar-refractivity contribution >= 4 is 0 Å². The van der Waals surface area contributed by atoms with Crippen LogP contribution in [0.5, 0.6) is 0 Å². The van der Waals surface area contributed by atoms with Crippen LogP contribution in [0.3, 0.4) is 0 Å². The maximum absolute atomic E-state index is 9.23. The molecule has 0 atom stereocenters.